The average Bonchev–Trinajstić information content (AvgIpc) is 3.28. The fourth-order valence-electron chi connectivity index (χ4n) is 3.40. The van der Waals surface area contributed by atoms with Crippen molar-refractivity contribution in [2.24, 2.45) is 0 Å². The second-order valence-electron chi connectivity index (χ2n) is 6.81. The molecule has 1 atom stereocenters. The van der Waals surface area contributed by atoms with Crippen LogP contribution in [0.4, 0.5) is 4.79 Å². The molecule has 1 fully saturated rings. The van der Waals surface area contributed by atoms with Gasteiger partial charge in [-0.25, -0.2) is 4.79 Å². The molecular weight excluding hydrogens is 356 g/mol. The molecule has 28 heavy (non-hydrogen) atoms. The van der Waals surface area contributed by atoms with E-state index in [2.05, 4.69) is 15.5 Å². The summed E-state index contributed by atoms with van der Waals surface area (Å²) in [6, 6.07) is 16.5. The van der Waals surface area contributed by atoms with Gasteiger partial charge in [0.2, 0.25) is 11.8 Å². The molecule has 0 aliphatic carbocycles. The van der Waals surface area contributed by atoms with Gasteiger partial charge in [-0.2, -0.15) is 0 Å². The van der Waals surface area contributed by atoms with E-state index in [1.54, 1.807) is 0 Å². The summed E-state index contributed by atoms with van der Waals surface area (Å²) in [6.45, 7) is 3.79. The van der Waals surface area contributed by atoms with Gasteiger partial charge in [-0.1, -0.05) is 55.0 Å². The van der Waals surface area contributed by atoms with Gasteiger partial charge in [0, 0.05) is 5.56 Å². The molecule has 1 aromatic heterocycles. The third-order valence-corrected chi connectivity index (χ3v) is 5.03. The molecule has 0 radical (unpaired) electrons. The van der Waals surface area contributed by atoms with Gasteiger partial charge in [0.05, 0.1) is 0 Å². The Morgan fingerprint density at radius 3 is 2.43 bits per heavy atom. The summed E-state index contributed by atoms with van der Waals surface area (Å²) in [4.78, 5) is 26.8. The third kappa shape index (κ3) is 2.94. The van der Waals surface area contributed by atoms with Gasteiger partial charge in [-0.05, 0) is 31.0 Å². The molecule has 2 aromatic carbocycles. The SMILES string of the molecule is CCC1(c2ccccc2)NC(=O)N(Cc2nnc(-c3ccc(C)cc3)o2)C1=O. The topological polar surface area (TPSA) is 88.3 Å². The number of imide groups is 1. The minimum Gasteiger partial charge on any atom is -0.419 e. The molecule has 1 N–H and O–H groups in total. The van der Waals surface area contributed by atoms with Gasteiger partial charge in [-0.3, -0.25) is 9.69 Å². The lowest BCUT2D eigenvalue weighted by Gasteiger charge is -2.25. The van der Waals surface area contributed by atoms with Crippen LogP contribution in [0.25, 0.3) is 11.5 Å². The standard InChI is InChI=1S/C21H20N4O3/c1-3-21(16-7-5-4-6-8-16)19(26)25(20(27)22-21)13-17-23-24-18(28-17)15-11-9-14(2)10-12-15/h4-12H,3,13H2,1-2H3,(H,22,27). The van der Waals surface area contributed by atoms with Crippen LogP contribution in [0.1, 0.15) is 30.4 Å². The molecule has 0 saturated carbocycles. The molecule has 142 valence electrons. The number of aromatic nitrogens is 2. The van der Waals surface area contributed by atoms with Crippen molar-refractivity contribution in [3.8, 4) is 11.5 Å². The van der Waals surface area contributed by atoms with Crippen LogP contribution >= 0.6 is 0 Å². The van der Waals surface area contributed by atoms with Crippen molar-refractivity contribution in [1.29, 1.82) is 0 Å². The van der Waals surface area contributed by atoms with Gasteiger partial charge in [0.15, 0.2) is 0 Å². The lowest BCUT2D eigenvalue weighted by molar-refractivity contribution is -0.132. The van der Waals surface area contributed by atoms with Crippen molar-refractivity contribution in [2.45, 2.75) is 32.4 Å². The number of carbonyl (C=O) groups excluding carboxylic acids is 2. The van der Waals surface area contributed by atoms with Crippen molar-refractivity contribution in [2.75, 3.05) is 0 Å². The molecule has 7 heteroatoms. The lowest BCUT2D eigenvalue weighted by atomic mass is 9.87. The van der Waals surface area contributed by atoms with Crippen molar-refractivity contribution in [3.63, 3.8) is 0 Å². The first-order chi connectivity index (χ1) is 13.5. The summed E-state index contributed by atoms with van der Waals surface area (Å²) in [7, 11) is 0. The number of carbonyl (C=O) groups is 2. The maximum Gasteiger partial charge on any atom is 0.325 e. The highest BCUT2D eigenvalue weighted by Crippen LogP contribution is 2.33. The second kappa shape index (κ2) is 6.92. The Labute approximate surface area is 162 Å². The molecule has 0 spiro atoms. The van der Waals surface area contributed by atoms with Crippen LogP contribution < -0.4 is 5.32 Å². The number of amides is 3. The molecule has 3 amide bonds. The number of rotatable bonds is 5. The number of aryl methyl sites for hydroxylation is 1. The van der Waals surface area contributed by atoms with E-state index in [-0.39, 0.29) is 18.3 Å². The largest absolute Gasteiger partial charge is 0.419 e. The van der Waals surface area contributed by atoms with Gasteiger partial charge in [0.25, 0.3) is 5.91 Å². The first kappa shape index (κ1) is 17.9. The highest BCUT2D eigenvalue weighted by Gasteiger charge is 2.51. The highest BCUT2D eigenvalue weighted by atomic mass is 16.4. The Morgan fingerprint density at radius 2 is 1.75 bits per heavy atom. The van der Waals surface area contributed by atoms with Crippen molar-refractivity contribution >= 4 is 11.9 Å². The fraction of sp³-hybridized carbons (Fsp3) is 0.238. The predicted octanol–water partition coefficient (Wildman–Crippen LogP) is 3.40. The number of benzene rings is 2. The molecular formula is C21H20N4O3. The van der Waals surface area contributed by atoms with Crippen LogP contribution in [0.2, 0.25) is 0 Å². The predicted molar refractivity (Wildman–Crippen MR) is 102 cm³/mol. The molecule has 1 aliphatic rings. The zero-order valence-corrected chi connectivity index (χ0v) is 15.7. The van der Waals surface area contributed by atoms with Crippen LogP contribution in [-0.2, 0) is 16.9 Å². The molecule has 1 unspecified atom stereocenters. The lowest BCUT2D eigenvalue weighted by Crippen LogP contribution is -2.43. The Hall–Kier alpha value is -3.48. The zero-order valence-electron chi connectivity index (χ0n) is 15.7. The Bertz CT molecular complexity index is 1010. The first-order valence-corrected chi connectivity index (χ1v) is 9.12. The van der Waals surface area contributed by atoms with Gasteiger partial charge in [0.1, 0.15) is 12.1 Å². The maximum atomic E-state index is 13.1. The Kier molecular flexibility index (Phi) is 4.43. The monoisotopic (exact) mass is 376 g/mol. The van der Waals surface area contributed by atoms with Crippen molar-refractivity contribution in [1.82, 2.24) is 20.4 Å². The van der Waals surface area contributed by atoms with E-state index in [0.29, 0.717) is 12.3 Å². The second-order valence-corrected chi connectivity index (χ2v) is 6.81. The number of urea groups is 1. The van der Waals surface area contributed by atoms with E-state index in [0.717, 1.165) is 21.6 Å². The molecule has 4 rings (SSSR count). The summed E-state index contributed by atoms with van der Waals surface area (Å²) in [5.41, 5.74) is 1.59. The third-order valence-electron chi connectivity index (χ3n) is 5.03. The molecule has 1 aliphatic heterocycles. The van der Waals surface area contributed by atoms with Gasteiger partial charge in [-0.15, -0.1) is 10.2 Å². The number of nitrogens with zero attached hydrogens (tertiary/aromatic N) is 3. The minimum atomic E-state index is -1.07. The van der Waals surface area contributed by atoms with E-state index in [9.17, 15) is 9.59 Å². The van der Waals surface area contributed by atoms with Crippen LogP contribution in [0.3, 0.4) is 0 Å². The smallest absolute Gasteiger partial charge is 0.325 e. The normalized spacial score (nSPS) is 19.1. The average molecular weight is 376 g/mol. The van der Waals surface area contributed by atoms with E-state index in [1.807, 2.05) is 68.4 Å². The minimum absolute atomic E-state index is 0.0713. The molecule has 1 saturated heterocycles. The molecule has 0 bridgehead atoms. The molecule has 2 heterocycles. The summed E-state index contributed by atoms with van der Waals surface area (Å²) >= 11 is 0. The quantitative estimate of drug-likeness (QED) is 0.690. The fourth-order valence-corrected chi connectivity index (χ4v) is 3.40. The van der Waals surface area contributed by atoms with E-state index in [4.69, 9.17) is 4.42 Å². The first-order valence-electron chi connectivity index (χ1n) is 9.12. The number of hydrogen-bond acceptors (Lipinski definition) is 5. The Morgan fingerprint density at radius 1 is 1.04 bits per heavy atom. The van der Waals surface area contributed by atoms with E-state index in [1.165, 1.54) is 0 Å². The summed E-state index contributed by atoms with van der Waals surface area (Å²) in [5.74, 6) is 0.243. The zero-order chi connectivity index (χ0) is 19.7. The van der Waals surface area contributed by atoms with Gasteiger partial charge < -0.3 is 9.73 Å². The molecule has 7 nitrogen and oxygen atoms in total. The van der Waals surface area contributed by atoms with E-state index < -0.39 is 11.6 Å². The van der Waals surface area contributed by atoms with Crippen LogP contribution in [-0.4, -0.2) is 27.0 Å². The van der Waals surface area contributed by atoms with Crippen LogP contribution in [0.15, 0.2) is 59.0 Å². The number of hydrogen-bond donors (Lipinski definition) is 1. The number of nitrogens with one attached hydrogen (secondary N) is 1. The maximum absolute atomic E-state index is 13.1. The van der Waals surface area contributed by atoms with E-state index >= 15 is 0 Å². The highest BCUT2D eigenvalue weighted by molar-refractivity contribution is 6.07. The summed E-state index contributed by atoms with van der Waals surface area (Å²) in [5, 5.41) is 10.9. The summed E-state index contributed by atoms with van der Waals surface area (Å²) < 4.78 is 5.68. The van der Waals surface area contributed by atoms with Gasteiger partial charge >= 0.3 is 6.03 Å². The van der Waals surface area contributed by atoms with Crippen LogP contribution in [0, 0.1) is 6.92 Å². The Balaban J connectivity index is 1.58. The molecule has 3 aromatic rings. The summed E-state index contributed by atoms with van der Waals surface area (Å²) in [6.07, 6.45) is 0.441. The van der Waals surface area contributed by atoms with Crippen molar-refractivity contribution < 1.29 is 14.0 Å². The van der Waals surface area contributed by atoms with Crippen LogP contribution in [0.5, 0.6) is 0 Å². The van der Waals surface area contributed by atoms with Crippen molar-refractivity contribution in [3.05, 3.63) is 71.6 Å².